The highest BCUT2D eigenvalue weighted by molar-refractivity contribution is 5.79. The monoisotopic (exact) mass is 1340 g/mol. The van der Waals surface area contributed by atoms with Gasteiger partial charge in [-0.15, -0.1) is 0 Å². The molecule has 0 spiro atoms. The lowest BCUT2D eigenvalue weighted by molar-refractivity contribution is 0.225. The largest absolute Gasteiger partial charge is 0.491 e. The molecule has 0 bridgehead atoms. The van der Waals surface area contributed by atoms with Gasteiger partial charge in [0, 0.05) is 35.3 Å². The van der Waals surface area contributed by atoms with Crippen molar-refractivity contribution < 1.29 is 42.3 Å². The van der Waals surface area contributed by atoms with Crippen molar-refractivity contribution in [2.45, 2.75) is 44.8 Å². The number of para-hydroxylation sites is 4. The van der Waals surface area contributed by atoms with Crippen molar-refractivity contribution in [2.75, 3.05) is 19.8 Å². The molecular formula is C79H67F3N12O6. The Morgan fingerprint density at radius 1 is 0.370 bits per heavy atom. The second-order valence-electron chi connectivity index (χ2n) is 22.7. The van der Waals surface area contributed by atoms with E-state index in [0.29, 0.717) is 82.2 Å². The molecule has 8 aromatic carbocycles. The van der Waals surface area contributed by atoms with Crippen LogP contribution in [0.3, 0.4) is 0 Å². The third-order valence-electron chi connectivity index (χ3n) is 15.9. The van der Waals surface area contributed by atoms with Gasteiger partial charge in [0.05, 0.1) is 102 Å². The summed E-state index contributed by atoms with van der Waals surface area (Å²) >= 11 is 0. The standard InChI is InChI=1S/2C28H23FN4O2.C23H21FN4O2/c1-20(18-34-23-8-4-2-5-9-23)33-19-31-26(21-12-14-22(29)15-13-21)27(33)25-16-17-30-28(32-25)35-24-10-6-3-7-11-24;29-22-13-11-21(12-14-22)26-27(25-15-16-30-28(32-25)35-24-9-5-2-6-10-24)33(19-31-26)23(18-34)17-20-7-3-1-4-8-20;1-2-18(14-29)28-15-26-21(16-8-10-17(24)11-9-16)22(28)20-12-13-25-23(27-20)30-19-6-4-3-5-7-19/h2-17,19-20H,18H2,1H3;1-16,19,23,34H,17-18H2;3-13,15,18,29H,2,14H2,1H3. The molecule has 6 heterocycles. The molecule has 6 aromatic heterocycles. The molecule has 0 radical (unpaired) electrons. The van der Waals surface area contributed by atoms with E-state index in [1.165, 1.54) is 36.4 Å². The van der Waals surface area contributed by atoms with E-state index >= 15 is 0 Å². The minimum atomic E-state index is -0.326. The first kappa shape index (κ1) is 67.5. The number of nitrogens with zero attached hydrogens (tertiary/aromatic N) is 12. The Morgan fingerprint density at radius 2 is 0.690 bits per heavy atom. The normalized spacial score (nSPS) is 11.8. The van der Waals surface area contributed by atoms with Crippen LogP contribution in [-0.2, 0) is 6.42 Å². The maximum Gasteiger partial charge on any atom is 0.322 e. The number of aromatic nitrogens is 12. The molecule has 18 nitrogen and oxygen atoms in total. The van der Waals surface area contributed by atoms with Crippen LogP contribution < -0.4 is 18.9 Å². The molecule has 0 aliphatic rings. The SMILES string of the molecule is CC(COc1ccccc1)n1cnc(-c2ccc(F)cc2)c1-c1ccnc(Oc2ccccc2)n1.CCC(CO)n1cnc(-c2ccc(F)cc2)c1-c1ccnc(Oc2ccccc2)n1.OCC(Cc1ccccc1)n1cnc(-c2ccc(F)cc2)c1-c1ccnc(Oc2ccccc2)n1. The molecule has 21 heteroatoms. The maximum atomic E-state index is 13.6. The summed E-state index contributed by atoms with van der Waals surface area (Å²) in [6, 6.07) is 71.5. The van der Waals surface area contributed by atoms with Crippen molar-refractivity contribution in [1.29, 1.82) is 0 Å². The number of hydrogen-bond donors (Lipinski definition) is 2. The molecule has 2 N–H and O–H groups in total. The summed E-state index contributed by atoms with van der Waals surface area (Å²) in [5.74, 6) is 1.73. The van der Waals surface area contributed by atoms with Gasteiger partial charge in [0.2, 0.25) is 0 Å². The summed E-state index contributed by atoms with van der Waals surface area (Å²) in [5.41, 5.74) is 9.28. The molecule has 0 amide bonds. The van der Waals surface area contributed by atoms with Gasteiger partial charge in [-0.2, -0.15) is 15.0 Å². The van der Waals surface area contributed by atoms with Gasteiger partial charge in [-0.25, -0.2) is 43.1 Å². The van der Waals surface area contributed by atoms with Gasteiger partial charge >= 0.3 is 18.0 Å². The van der Waals surface area contributed by atoms with E-state index in [1.807, 2.05) is 185 Å². The van der Waals surface area contributed by atoms with E-state index in [-0.39, 0.29) is 66.8 Å². The van der Waals surface area contributed by atoms with Crippen LogP contribution in [0, 0.1) is 17.5 Å². The third kappa shape index (κ3) is 17.0. The molecule has 0 saturated carbocycles. The lowest BCUT2D eigenvalue weighted by Gasteiger charge is -2.20. The van der Waals surface area contributed by atoms with Crippen LogP contribution in [0.2, 0.25) is 0 Å². The van der Waals surface area contributed by atoms with Gasteiger partial charge in [0.1, 0.15) is 47.1 Å². The molecule has 0 aliphatic heterocycles. The minimum absolute atomic E-state index is 0.0405. The Bertz CT molecular complexity index is 4860. The van der Waals surface area contributed by atoms with Crippen molar-refractivity contribution in [3.63, 3.8) is 0 Å². The second kappa shape index (κ2) is 33.0. The number of rotatable bonds is 23. The first-order chi connectivity index (χ1) is 49.1. The smallest absolute Gasteiger partial charge is 0.322 e. The Morgan fingerprint density at radius 3 is 1.04 bits per heavy atom. The summed E-state index contributed by atoms with van der Waals surface area (Å²) in [6.45, 7) is 4.33. The number of ether oxygens (including phenoxy) is 4. The number of halogens is 3. The van der Waals surface area contributed by atoms with Crippen molar-refractivity contribution in [3.05, 3.63) is 303 Å². The van der Waals surface area contributed by atoms with Crippen molar-refractivity contribution in [2.24, 2.45) is 0 Å². The van der Waals surface area contributed by atoms with Gasteiger partial charge in [0.25, 0.3) is 0 Å². The Kier molecular flexibility index (Phi) is 22.3. The van der Waals surface area contributed by atoms with Crippen LogP contribution in [0.1, 0.15) is 44.0 Å². The van der Waals surface area contributed by atoms with Crippen molar-refractivity contribution in [1.82, 2.24) is 58.6 Å². The van der Waals surface area contributed by atoms with Crippen LogP contribution in [0.15, 0.2) is 280 Å². The van der Waals surface area contributed by atoms with Crippen molar-refractivity contribution in [3.8, 4) is 109 Å². The zero-order chi connectivity index (χ0) is 69.0. The zero-order valence-corrected chi connectivity index (χ0v) is 54.4. The highest BCUT2D eigenvalue weighted by Gasteiger charge is 2.26. The molecule has 500 valence electrons. The van der Waals surface area contributed by atoms with Gasteiger partial charge < -0.3 is 42.9 Å². The summed E-state index contributed by atoms with van der Waals surface area (Å²) in [6.07, 6.45) is 11.3. The fourth-order valence-electron chi connectivity index (χ4n) is 10.9. The fraction of sp³-hybridized carbons (Fsp3) is 0.127. The van der Waals surface area contributed by atoms with E-state index in [4.69, 9.17) is 18.9 Å². The quantitative estimate of drug-likeness (QED) is 0.0610. The molecule has 0 fully saturated rings. The molecule has 14 aromatic rings. The molecule has 0 saturated heterocycles. The van der Waals surface area contributed by atoms with Gasteiger partial charge in [-0.3, -0.25) is 0 Å². The highest BCUT2D eigenvalue weighted by atomic mass is 19.1. The first-order valence-corrected chi connectivity index (χ1v) is 32.2. The molecule has 0 aliphatic carbocycles. The number of imidazole rings is 3. The molecule has 14 rings (SSSR count). The summed E-state index contributed by atoms with van der Waals surface area (Å²) in [4.78, 5) is 40.5. The van der Waals surface area contributed by atoms with E-state index in [1.54, 1.807) is 86.1 Å². The van der Waals surface area contributed by atoms with Gasteiger partial charge in [0.15, 0.2) is 0 Å². The topological polar surface area (TPSA) is 208 Å². The van der Waals surface area contributed by atoms with Gasteiger partial charge in [-0.05, 0) is 165 Å². The number of aliphatic hydroxyl groups excluding tert-OH is 2. The Labute approximate surface area is 575 Å². The third-order valence-corrected chi connectivity index (χ3v) is 15.9. The highest BCUT2D eigenvalue weighted by Crippen LogP contribution is 2.38. The predicted octanol–water partition coefficient (Wildman–Crippen LogP) is 17.2. The average Bonchev–Trinajstić information content (AvgIpc) is 1.63. The molecule has 100 heavy (non-hydrogen) atoms. The predicted molar refractivity (Wildman–Crippen MR) is 375 cm³/mol. The van der Waals surface area contributed by atoms with E-state index in [0.717, 1.165) is 33.7 Å². The Balaban J connectivity index is 0.000000143. The van der Waals surface area contributed by atoms with E-state index in [2.05, 4.69) is 44.9 Å². The van der Waals surface area contributed by atoms with Gasteiger partial charge in [-0.1, -0.05) is 110 Å². The van der Waals surface area contributed by atoms with Crippen molar-refractivity contribution >= 4 is 0 Å². The van der Waals surface area contributed by atoms with Crippen LogP contribution in [0.5, 0.6) is 41.0 Å². The first-order valence-electron chi connectivity index (χ1n) is 32.2. The zero-order valence-electron chi connectivity index (χ0n) is 54.4. The number of aliphatic hydroxyl groups is 2. The lowest BCUT2D eigenvalue weighted by atomic mass is 10.0. The Hall–Kier alpha value is -12.5. The summed E-state index contributed by atoms with van der Waals surface area (Å²) in [5, 5.41) is 20.2. The summed E-state index contributed by atoms with van der Waals surface area (Å²) < 4.78 is 70.0. The lowest BCUT2D eigenvalue weighted by Crippen LogP contribution is -2.17. The van der Waals surface area contributed by atoms with Crippen LogP contribution in [0.4, 0.5) is 13.2 Å². The molecular weight excluding hydrogens is 1270 g/mol. The van der Waals surface area contributed by atoms with E-state index in [9.17, 15) is 23.4 Å². The maximum absolute atomic E-state index is 13.6. The molecule has 3 atom stereocenters. The van der Waals surface area contributed by atoms with Crippen LogP contribution in [-0.4, -0.2) is 88.6 Å². The van der Waals surface area contributed by atoms with Crippen LogP contribution >= 0.6 is 0 Å². The average molecular weight is 1340 g/mol. The van der Waals surface area contributed by atoms with Crippen LogP contribution in [0.25, 0.3) is 67.9 Å². The summed E-state index contributed by atoms with van der Waals surface area (Å²) in [7, 11) is 0. The number of benzene rings is 8. The number of hydrogen-bond acceptors (Lipinski definition) is 15. The molecule has 3 unspecified atom stereocenters. The minimum Gasteiger partial charge on any atom is -0.491 e. The van der Waals surface area contributed by atoms with E-state index < -0.39 is 0 Å². The second-order valence-corrected chi connectivity index (χ2v) is 22.7. The fourth-order valence-corrected chi connectivity index (χ4v) is 10.9.